The van der Waals surface area contributed by atoms with Crippen LogP contribution in [0.1, 0.15) is 58.2 Å². The number of hydrogen-bond acceptors (Lipinski definition) is 1. The molecular formula is C29H36N3+. The Balaban J connectivity index is 2.20. The third kappa shape index (κ3) is 3.64. The van der Waals surface area contributed by atoms with E-state index in [1.54, 1.807) is 0 Å². The zero-order valence-electron chi connectivity index (χ0n) is 21.0. The molecule has 3 nitrogen and oxygen atoms in total. The third-order valence-corrected chi connectivity index (χ3v) is 6.48. The molecule has 2 aromatic carbocycles. The lowest BCUT2D eigenvalue weighted by Crippen LogP contribution is -2.41. The Hall–Kier alpha value is -2.94. The number of benzene rings is 2. The van der Waals surface area contributed by atoms with E-state index in [0.717, 1.165) is 16.9 Å². The van der Waals surface area contributed by atoms with Crippen LogP contribution in [-0.4, -0.2) is 9.55 Å². The summed E-state index contributed by atoms with van der Waals surface area (Å²) in [6.07, 6.45) is 0. The largest absolute Gasteiger partial charge is 0.322 e. The molecule has 0 radical (unpaired) electrons. The van der Waals surface area contributed by atoms with Crippen LogP contribution in [-0.2, 0) is 24.9 Å². The maximum absolute atomic E-state index is 5.11. The summed E-state index contributed by atoms with van der Waals surface area (Å²) >= 11 is 0. The van der Waals surface area contributed by atoms with Gasteiger partial charge in [0.2, 0.25) is 11.5 Å². The molecular weight excluding hydrogens is 390 g/mol. The number of aryl methyl sites for hydroxylation is 2. The Labute approximate surface area is 192 Å². The highest BCUT2D eigenvalue weighted by molar-refractivity contribution is 5.80. The fraction of sp³-hybridized carbons (Fsp3) is 0.379. The smallest absolute Gasteiger partial charge is 0.252 e. The van der Waals surface area contributed by atoms with Crippen molar-refractivity contribution in [2.75, 3.05) is 0 Å². The molecule has 0 N–H and O–H groups in total. The molecule has 0 aliphatic carbocycles. The van der Waals surface area contributed by atoms with Gasteiger partial charge in [-0.25, -0.2) is 4.98 Å². The molecule has 2 heterocycles. The van der Waals surface area contributed by atoms with Crippen molar-refractivity contribution < 1.29 is 4.57 Å². The highest BCUT2D eigenvalue weighted by Gasteiger charge is 2.36. The zero-order chi connectivity index (χ0) is 23.4. The van der Waals surface area contributed by atoms with Crippen molar-refractivity contribution in [1.29, 1.82) is 0 Å². The van der Waals surface area contributed by atoms with Gasteiger partial charge in [0.25, 0.3) is 5.69 Å². The third-order valence-electron chi connectivity index (χ3n) is 6.48. The topological polar surface area (TPSA) is 21.7 Å². The Bertz CT molecular complexity index is 1310. The summed E-state index contributed by atoms with van der Waals surface area (Å²) in [6, 6.07) is 19.5. The maximum atomic E-state index is 5.11. The second-order valence-corrected chi connectivity index (χ2v) is 11.0. The van der Waals surface area contributed by atoms with Gasteiger partial charge in [0.05, 0.1) is 11.0 Å². The van der Waals surface area contributed by atoms with Gasteiger partial charge in [0, 0.05) is 23.7 Å². The molecule has 3 heteroatoms. The van der Waals surface area contributed by atoms with E-state index in [2.05, 4.69) is 126 Å². The number of aromatic nitrogens is 3. The second kappa shape index (κ2) is 7.58. The number of para-hydroxylation sites is 2. The van der Waals surface area contributed by atoms with Crippen molar-refractivity contribution in [3.8, 4) is 22.8 Å². The minimum Gasteiger partial charge on any atom is -0.322 e. The molecule has 0 bridgehead atoms. The average molecular weight is 427 g/mol. The minimum absolute atomic E-state index is 0.000253. The molecule has 0 saturated heterocycles. The number of pyridine rings is 1. The molecule has 2 aromatic heterocycles. The van der Waals surface area contributed by atoms with Gasteiger partial charge in [-0.2, -0.15) is 4.57 Å². The van der Waals surface area contributed by atoms with Gasteiger partial charge in [-0.3, -0.25) is 0 Å². The van der Waals surface area contributed by atoms with E-state index in [9.17, 15) is 0 Å². The molecule has 0 amide bonds. The van der Waals surface area contributed by atoms with Crippen LogP contribution < -0.4 is 4.57 Å². The first-order valence-electron chi connectivity index (χ1n) is 11.5. The SMILES string of the molecule is Cc1ccccc1-c1c(C(C)(C)C)cc(C(C)(C)C)c(-c2nc3ccccc3n2C)[n+]1C. The summed E-state index contributed by atoms with van der Waals surface area (Å²) in [5.74, 6) is 1.01. The van der Waals surface area contributed by atoms with Crippen LogP contribution in [0.2, 0.25) is 0 Å². The highest BCUT2D eigenvalue weighted by Crippen LogP contribution is 2.39. The van der Waals surface area contributed by atoms with Crippen LogP contribution in [0.3, 0.4) is 0 Å². The van der Waals surface area contributed by atoms with Crippen LogP contribution in [0.5, 0.6) is 0 Å². The summed E-state index contributed by atoms with van der Waals surface area (Å²) < 4.78 is 4.63. The number of hydrogen-bond donors (Lipinski definition) is 0. The van der Waals surface area contributed by atoms with Crippen LogP contribution in [0.4, 0.5) is 0 Å². The molecule has 0 saturated carbocycles. The van der Waals surface area contributed by atoms with Gasteiger partial charge in [-0.15, -0.1) is 0 Å². The van der Waals surface area contributed by atoms with Gasteiger partial charge in [-0.1, -0.05) is 71.9 Å². The quantitative estimate of drug-likeness (QED) is 0.329. The highest BCUT2D eigenvalue weighted by atomic mass is 15.1. The molecule has 0 aliphatic heterocycles. The lowest BCUT2D eigenvalue weighted by Gasteiger charge is -2.28. The van der Waals surface area contributed by atoms with Gasteiger partial charge in [0.15, 0.2) is 0 Å². The predicted molar refractivity (Wildman–Crippen MR) is 135 cm³/mol. The van der Waals surface area contributed by atoms with Crippen molar-refractivity contribution in [3.05, 3.63) is 71.3 Å². The van der Waals surface area contributed by atoms with Crippen molar-refractivity contribution in [1.82, 2.24) is 9.55 Å². The lowest BCUT2D eigenvalue weighted by molar-refractivity contribution is -0.650. The Morgan fingerprint density at radius 1 is 0.781 bits per heavy atom. The lowest BCUT2D eigenvalue weighted by atomic mass is 9.77. The van der Waals surface area contributed by atoms with Crippen LogP contribution in [0.15, 0.2) is 54.6 Å². The molecule has 0 spiro atoms. The summed E-state index contributed by atoms with van der Waals surface area (Å²) in [4.78, 5) is 5.11. The number of fused-ring (bicyclic) bond motifs is 1. The van der Waals surface area contributed by atoms with Crippen molar-refractivity contribution in [2.24, 2.45) is 14.1 Å². The second-order valence-electron chi connectivity index (χ2n) is 11.0. The Kier molecular flexibility index (Phi) is 5.27. The van der Waals surface area contributed by atoms with E-state index < -0.39 is 0 Å². The average Bonchev–Trinajstić information content (AvgIpc) is 3.03. The van der Waals surface area contributed by atoms with Gasteiger partial charge >= 0.3 is 0 Å². The standard InChI is InChI=1S/C29H36N3/c1-19-14-10-11-15-20(19)25-21(28(2,3)4)18-22(29(5,6)7)26(32(25)9)27-30-23-16-12-13-17-24(23)31(27)8/h10-18H,1-9H3/q+1. The molecule has 166 valence electrons. The van der Waals surface area contributed by atoms with Crippen molar-refractivity contribution in [2.45, 2.75) is 59.3 Å². The first-order valence-corrected chi connectivity index (χ1v) is 11.5. The monoisotopic (exact) mass is 426 g/mol. The molecule has 0 aliphatic rings. The first-order chi connectivity index (χ1) is 14.9. The zero-order valence-corrected chi connectivity index (χ0v) is 21.0. The van der Waals surface area contributed by atoms with Crippen molar-refractivity contribution >= 4 is 11.0 Å². The molecule has 4 aromatic rings. The number of nitrogens with zero attached hydrogens (tertiary/aromatic N) is 3. The van der Waals surface area contributed by atoms with Gasteiger partial charge in [0.1, 0.15) is 7.05 Å². The van der Waals surface area contributed by atoms with E-state index >= 15 is 0 Å². The minimum atomic E-state index is -0.0323. The van der Waals surface area contributed by atoms with Crippen LogP contribution in [0, 0.1) is 6.92 Å². The van der Waals surface area contributed by atoms with E-state index in [0.29, 0.717) is 0 Å². The predicted octanol–water partition coefficient (Wildman–Crippen LogP) is 6.64. The summed E-state index contributed by atoms with van der Waals surface area (Å²) in [5.41, 5.74) is 9.85. The molecule has 0 atom stereocenters. The Morgan fingerprint density at radius 2 is 1.34 bits per heavy atom. The van der Waals surface area contributed by atoms with Crippen molar-refractivity contribution in [3.63, 3.8) is 0 Å². The normalized spacial score (nSPS) is 12.5. The van der Waals surface area contributed by atoms with Crippen LogP contribution in [0.25, 0.3) is 33.8 Å². The van der Waals surface area contributed by atoms with Gasteiger partial charge < -0.3 is 4.57 Å². The summed E-state index contributed by atoms with van der Waals surface area (Å²) in [5, 5.41) is 0. The van der Waals surface area contributed by atoms with E-state index in [1.165, 1.54) is 33.6 Å². The molecule has 32 heavy (non-hydrogen) atoms. The fourth-order valence-corrected chi connectivity index (χ4v) is 4.69. The van der Waals surface area contributed by atoms with Crippen LogP contribution >= 0.6 is 0 Å². The molecule has 0 unspecified atom stereocenters. The molecule has 0 fully saturated rings. The first kappa shape index (κ1) is 22.3. The van der Waals surface area contributed by atoms with Gasteiger partial charge in [-0.05, 0) is 47.6 Å². The number of rotatable bonds is 2. The van der Waals surface area contributed by atoms with E-state index in [1.807, 2.05) is 0 Å². The molecule has 4 rings (SSSR count). The van der Waals surface area contributed by atoms with E-state index in [-0.39, 0.29) is 10.8 Å². The summed E-state index contributed by atoms with van der Waals surface area (Å²) in [7, 11) is 4.34. The fourth-order valence-electron chi connectivity index (χ4n) is 4.69. The summed E-state index contributed by atoms with van der Waals surface area (Å²) in [6.45, 7) is 16.0. The maximum Gasteiger partial charge on any atom is 0.252 e. The number of imidazole rings is 1. The Morgan fingerprint density at radius 3 is 1.94 bits per heavy atom. The van der Waals surface area contributed by atoms with E-state index in [4.69, 9.17) is 4.98 Å².